The molecule has 0 saturated heterocycles. The number of carboxylic acids is 1. The van der Waals surface area contributed by atoms with Crippen LogP contribution in [0.25, 0.3) is 0 Å². The van der Waals surface area contributed by atoms with E-state index in [9.17, 15) is 4.79 Å². The Morgan fingerprint density at radius 3 is 3.00 bits per heavy atom. The number of aromatic nitrogens is 1. The van der Waals surface area contributed by atoms with E-state index in [4.69, 9.17) is 5.11 Å². The Hall–Kier alpha value is -1.32. The highest BCUT2D eigenvalue weighted by atomic mass is 16.5. The van der Waals surface area contributed by atoms with Crippen molar-refractivity contribution in [1.82, 2.24) is 5.16 Å². The molecule has 4 nitrogen and oxygen atoms in total. The van der Waals surface area contributed by atoms with Crippen LogP contribution in [0.2, 0.25) is 0 Å². The highest BCUT2D eigenvalue weighted by Crippen LogP contribution is 2.41. The molecule has 1 saturated carbocycles. The minimum Gasteiger partial charge on any atom is -0.476 e. The fraction of sp³-hybridized carbons (Fsp3) is 0.429. The molecule has 0 aromatic carbocycles. The van der Waals surface area contributed by atoms with Crippen molar-refractivity contribution < 1.29 is 14.4 Å². The molecular weight excluding hydrogens is 146 g/mol. The van der Waals surface area contributed by atoms with E-state index in [1.807, 2.05) is 0 Å². The van der Waals surface area contributed by atoms with Gasteiger partial charge in [0, 0.05) is 5.56 Å². The minimum absolute atomic E-state index is 0.0764. The Morgan fingerprint density at radius 1 is 1.73 bits per heavy atom. The minimum atomic E-state index is -0.999. The van der Waals surface area contributed by atoms with Crippen LogP contribution in [0.5, 0.6) is 0 Å². The Balaban J connectivity index is 2.37. The normalized spacial score (nSPS) is 16.7. The van der Waals surface area contributed by atoms with Crippen molar-refractivity contribution in [3.05, 3.63) is 17.5 Å². The highest BCUT2D eigenvalue weighted by Gasteiger charge is 2.30. The van der Waals surface area contributed by atoms with Gasteiger partial charge in [-0.3, -0.25) is 0 Å². The summed E-state index contributed by atoms with van der Waals surface area (Å²) in [5.74, 6) is -0.618. The second-order valence-electron chi connectivity index (χ2n) is 2.70. The third-order valence-electron chi connectivity index (χ3n) is 1.82. The molecule has 4 heteroatoms. The molecule has 1 N–H and O–H groups in total. The first-order valence-electron chi connectivity index (χ1n) is 3.46. The van der Waals surface area contributed by atoms with Gasteiger partial charge in [-0.05, 0) is 18.8 Å². The van der Waals surface area contributed by atoms with Crippen molar-refractivity contribution >= 4 is 5.97 Å². The zero-order valence-corrected chi connectivity index (χ0v) is 5.78. The van der Waals surface area contributed by atoms with Gasteiger partial charge in [-0.2, -0.15) is 0 Å². The number of aromatic carboxylic acids is 1. The van der Waals surface area contributed by atoms with Crippen molar-refractivity contribution in [2.75, 3.05) is 0 Å². The fourth-order valence-corrected chi connectivity index (χ4v) is 1.09. The van der Waals surface area contributed by atoms with E-state index < -0.39 is 5.97 Å². The van der Waals surface area contributed by atoms with Crippen LogP contribution >= 0.6 is 0 Å². The Labute approximate surface area is 62.8 Å². The van der Waals surface area contributed by atoms with Crippen molar-refractivity contribution in [2.45, 2.75) is 18.8 Å². The van der Waals surface area contributed by atoms with Crippen LogP contribution < -0.4 is 0 Å². The van der Waals surface area contributed by atoms with Crippen molar-refractivity contribution in [1.29, 1.82) is 0 Å². The average Bonchev–Trinajstić information content (AvgIpc) is 2.68. The molecule has 0 bridgehead atoms. The molecule has 0 aliphatic heterocycles. The molecule has 0 unspecified atom stereocenters. The molecule has 11 heavy (non-hydrogen) atoms. The topological polar surface area (TPSA) is 63.3 Å². The van der Waals surface area contributed by atoms with Crippen LogP contribution in [0, 0.1) is 0 Å². The maximum absolute atomic E-state index is 10.5. The van der Waals surface area contributed by atoms with Crippen LogP contribution in [0.1, 0.15) is 34.8 Å². The lowest BCUT2D eigenvalue weighted by Gasteiger charge is -1.89. The molecule has 2 rings (SSSR count). The van der Waals surface area contributed by atoms with Gasteiger partial charge < -0.3 is 9.63 Å². The monoisotopic (exact) mass is 153 g/mol. The van der Waals surface area contributed by atoms with Crippen molar-refractivity contribution in [3.8, 4) is 0 Å². The first-order valence-corrected chi connectivity index (χ1v) is 3.46. The number of nitrogens with zero attached hydrogens (tertiary/aromatic N) is 1. The van der Waals surface area contributed by atoms with E-state index >= 15 is 0 Å². The van der Waals surface area contributed by atoms with E-state index in [-0.39, 0.29) is 5.69 Å². The third-order valence-corrected chi connectivity index (χ3v) is 1.82. The average molecular weight is 153 g/mol. The molecular formula is C7H7NO3. The predicted octanol–water partition coefficient (Wildman–Crippen LogP) is 1.25. The van der Waals surface area contributed by atoms with Gasteiger partial charge in [0.05, 0.1) is 0 Å². The lowest BCUT2D eigenvalue weighted by molar-refractivity contribution is 0.0684. The zero-order valence-electron chi connectivity index (χ0n) is 5.78. The van der Waals surface area contributed by atoms with E-state index in [0.29, 0.717) is 5.92 Å². The molecule has 0 amide bonds. The quantitative estimate of drug-likeness (QED) is 0.694. The van der Waals surface area contributed by atoms with Gasteiger partial charge in [0.15, 0.2) is 5.69 Å². The Kier molecular flexibility index (Phi) is 1.21. The molecule has 1 aliphatic carbocycles. The summed E-state index contributed by atoms with van der Waals surface area (Å²) in [6, 6.07) is 0. The van der Waals surface area contributed by atoms with Gasteiger partial charge in [-0.1, -0.05) is 5.16 Å². The summed E-state index contributed by atoms with van der Waals surface area (Å²) in [6.07, 6.45) is 3.55. The second-order valence-corrected chi connectivity index (χ2v) is 2.70. The smallest absolute Gasteiger partial charge is 0.358 e. The van der Waals surface area contributed by atoms with E-state index in [1.54, 1.807) is 0 Å². The molecule has 0 spiro atoms. The molecule has 0 radical (unpaired) electrons. The Morgan fingerprint density at radius 2 is 2.45 bits per heavy atom. The van der Waals surface area contributed by atoms with Crippen LogP contribution in [-0.4, -0.2) is 16.2 Å². The van der Waals surface area contributed by atoms with Crippen molar-refractivity contribution in [2.24, 2.45) is 0 Å². The van der Waals surface area contributed by atoms with Gasteiger partial charge in [0.1, 0.15) is 6.26 Å². The summed E-state index contributed by atoms with van der Waals surface area (Å²) in [5, 5.41) is 12.0. The number of hydrogen-bond donors (Lipinski definition) is 1. The highest BCUT2D eigenvalue weighted by molar-refractivity contribution is 5.87. The standard InChI is InChI=1S/C7H7NO3/c9-7(10)6-5(3-11-8-6)4-1-2-4/h3-4H,1-2H2,(H,9,10). The SMILES string of the molecule is O=C(O)c1nocc1C1CC1. The van der Waals surface area contributed by atoms with Crippen molar-refractivity contribution in [3.63, 3.8) is 0 Å². The molecule has 1 aromatic rings. The first kappa shape index (κ1) is 6.39. The van der Waals surface area contributed by atoms with Crippen LogP contribution in [0.3, 0.4) is 0 Å². The molecule has 1 fully saturated rings. The summed E-state index contributed by atoms with van der Waals surface area (Å²) >= 11 is 0. The summed E-state index contributed by atoms with van der Waals surface area (Å²) in [5.41, 5.74) is 0.824. The van der Waals surface area contributed by atoms with Gasteiger partial charge in [-0.25, -0.2) is 4.79 Å². The van der Waals surface area contributed by atoms with E-state index in [0.717, 1.165) is 18.4 Å². The van der Waals surface area contributed by atoms with Gasteiger partial charge >= 0.3 is 5.97 Å². The maximum atomic E-state index is 10.5. The number of hydrogen-bond acceptors (Lipinski definition) is 3. The van der Waals surface area contributed by atoms with E-state index in [2.05, 4.69) is 9.68 Å². The fourth-order valence-electron chi connectivity index (χ4n) is 1.09. The predicted molar refractivity (Wildman–Crippen MR) is 35.4 cm³/mol. The number of carboxylic acid groups (broad SMARTS) is 1. The summed E-state index contributed by atoms with van der Waals surface area (Å²) in [6.45, 7) is 0. The zero-order chi connectivity index (χ0) is 7.84. The summed E-state index contributed by atoms with van der Waals surface area (Å²) in [4.78, 5) is 10.5. The van der Waals surface area contributed by atoms with Gasteiger partial charge in [0.2, 0.25) is 0 Å². The van der Waals surface area contributed by atoms with E-state index in [1.165, 1.54) is 6.26 Å². The molecule has 58 valence electrons. The number of carbonyl (C=O) groups is 1. The van der Waals surface area contributed by atoms with Gasteiger partial charge in [0.25, 0.3) is 0 Å². The first-order chi connectivity index (χ1) is 5.29. The number of rotatable bonds is 2. The second kappa shape index (κ2) is 2.08. The lowest BCUT2D eigenvalue weighted by atomic mass is 10.2. The van der Waals surface area contributed by atoms with Crippen LogP contribution in [0.4, 0.5) is 0 Å². The third kappa shape index (κ3) is 1.00. The van der Waals surface area contributed by atoms with Crippen LogP contribution in [0.15, 0.2) is 10.8 Å². The molecule has 0 atom stereocenters. The summed E-state index contributed by atoms with van der Waals surface area (Å²) < 4.78 is 4.58. The van der Waals surface area contributed by atoms with Gasteiger partial charge in [-0.15, -0.1) is 0 Å². The van der Waals surface area contributed by atoms with Crippen LogP contribution in [-0.2, 0) is 0 Å². The lowest BCUT2D eigenvalue weighted by Crippen LogP contribution is -1.99. The summed E-state index contributed by atoms with van der Waals surface area (Å²) in [7, 11) is 0. The maximum Gasteiger partial charge on any atom is 0.358 e. The molecule has 1 aliphatic rings. The largest absolute Gasteiger partial charge is 0.476 e. The molecule has 1 heterocycles. The molecule has 1 aromatic heterocycles. The Bertz CT molecular complexity index is 288.